The molecule has 2 aromatic carbocycles. The summed E-state index contributed by atoms with van der Waals surface area (Å²) in [4.78, 5) is 15.4. The summed E-state index contributed by atoms with van der Waals surface area (Å²) in [6.45, 7) is 2.89. The minimum Gasteiger partial charge on any atom is -0.444 e. The lowest BCUT2D eigenvalue weighted by Crippen LogP contribution is -2.48. The quantitative estimate of drug-likeness (QED) is 0.561. The first-order valence-electron chi connectivity index (χ1n) is 12.8. The summed E-state index contributed by atoms with van der Waals surface area (Å²) in [5.74, 6) is 0. The van der Waals surface area contributed by atoms with Crippen molar-refractivity contribution in [2.24, 2.45) is 0 Å². The maximum Gasteiger partial charge on any atom is 0.407 e. The lowest BCUT2D eigenvalue weighted by molar-refractivity contribution is 0.0925. The van der Waals surface area contributed by atoms with E-state index < -0.39 is 22.2 Å². The van der Waals surface area contributed by atoms with Crippen molar-refractivity contribution in [2.75, 3.05) is 30.5 Å². The minimum absolute atomic E-state index is 0.0498. The maximum absolute atomic E-state index is 13.5. The van der Waals surface area contributed by atoms with E-state index in [0.717, 1.165) is 50.9 Å². The third-order valence-corrected chi connectivity index (χ3v) is 9.23. The van der Waals surface area contributed by atoms with Crippen molar-refractivity contribution in [3.05, 3.63) is 82.9 Å². The zero-order chi connectivity index (χ0) is 25.8. The normalized spacial score (nSPS) is 20.7. The van der Waals surface area contributed by atoms with E-state index in [4.69, 9.17) is 16.3 Å². The number of halogens is 1. The lowest BCUT2D eigenvalue weighted by atomic mass is 10.0. The molecule has 196 valence electrons. The number of ether oxygens (including phenoxy) is 1. The van der Waals surface area contributed by atoms with E-state index >= 15 is 0 Å². The van der Waals surface area contributed by atoms with Crippen LogP contribution in [0.3, 0.4) is 0 Å². The first-order valence-corrected chi connectivity index (χ1v) is 14.6. The molecule has 2 heterocycles. The highest BCUT2D eigenvalue weighted by Gasteiger charge is 2.35. The summed E-state index contributed by atoms with van der Waals surface area (Å²) in [6, 6.07) is 13.5. The van der Waals surface area contributed by atoms with Crippen molar-refractivity contribution >= 4 is 33.4 Å². The van der Waals surface area contributed by atoms with Gasteiger partial charge in [0.2, 0.25) is 0 Å². The van der Waals surface area contributed by atoms with Crippen molar-refractivity contribution < 1.29 is 17.9 Å². The summed E-state index contributed by atoms with van der Waals surface area (Å²) in [7, 11) is -3.86. The molecule has 5 rings (SSSR count). The van der Waals surface area contributed by atoms with Gasteiger partial charge in [-0.2, -0.15) is 0 Å². The van der Waals surface area contributed by atoms with Gasteiger partial charge in [0.1, 0.15) is 6.10 Å². The molecule has 1 unspecified atom stereocenters. The Morgan fingerprint density at radius 2 is 1.84 bits per heavy atom. The number of nitrogens with one attached hydrogen (secondary N) is 1. The number of amides is 1. The number of sulfonamides is 1. The van der Waals surface area contributed by atoms with Crippen molar-refractivity contribution in [3.8, 4) is 0 Å². The van der Waals surface area contributed by atoms with Gasteiger partial charge in [-0.15, -0.1) is 0 Å². The van der Waals surface area contributed by atoms with Crippen LogP contribution < -0.4 is 9.62 Å². The van der Waals surface area contributed by atoms with Gasteiger partial charge in [0.05, 0.1) is 17.1 Å². The van der Waals surface area contributed by atoms with Crippen LogP contribution in [-0.4, -0.2) is 57.7 Å². The molecular weight excluding hydrogens is 510 g/mol. The molecule has 7 nitrogen and oxygen atoms in total. The Bertz CT molecular complexity index is 1280. The Labute approximate surface area is 223 Å². The molecule has 1 atom stereocenters. The predicted molar refractivity (Wildman–Crippen MR) is 145 cm³/mol. The van der Waals surface area contributed by atoms with Gasteiger partial charge in [0.25, 0.3) is 10.0 Å². The minimum atomic E-state index is -3.86. The second-order valence-electron chi connectivity index (χ2n) is 9.84. The summed E-state index contributed by atoms with van der Waals surface area (Å²) < 4.78 is 34.1. The first kappa shape index (κ1) is 25.8. The molecule has 0 radical (unpaired) electrons. The summed E-state index contributed by atoms with van der Waals surface area (Å²) in [5.41, 5.74) is 2.89. The number of fused-ring (bicyclic) bond motifs is 1. The second-order valence-corrected chi connectivity index (χ2v) is 12.1. The van der Waals surface area contributed by atoms with Crippen molar-refractivity contribution in [2.45, 2.75) is 49.1 Å². The van der Waals surface area contributed by atoms with Gasteiger partial charge in [-0.1, -0.05) is 53.6 Å². The fourth-order valence-electron chi connectivity index (χ4n) is 5.22. The number of rotatable bonds is 6. The zero-order valence-corrected chi connectivity index (χ0v) is 22.3. The average Bonchev–Trinajstić information content (AvgIpc) is 2.90. The van der Waals surface area contributed by atoms with Crippen molar-refractivity contribution in [1.82, 2.24) is 10.2 Å². The molecule has 1 N–H and O–H groups in total. The Morgan fingerprint density at radius 1 is 1.08 bits per heavy atom. The maximum atomic E-state index is 13.5. The molecular formula is C28H32ClN3O4S. The van der Waals surface area contributed by atoms with E-state index in [0.29, 0.717) is 17.1 Å². The van der Waals surface area contributed by atoms with E-state index in [1.54, 1.807) is 18.2 Å². The zero-order valence-electron chi connectivity index (χ0n) is 20.7. The van der Waals surface area contributed by atoms with Gasteiger partial charge >= 0.3 is 6.09 Å². The van der Waals surface area contributed by atoms with Gasteiger partial charge in [-0.25, -0.2) is 13.2 Å². The second kappa shape index (κ2) is 11.3. The summed E-state index contributed by atoms with van der Waals surface area (Å²) >= 11 is 5.96. The van der Waals surface area contributed by atoms with Crippen LogP contribution >= 0.6 is 11.6 Å². The van der Waals surface area contributed by atoms with Crippen LogP contribution in [0.15, 0.2) is 77.2 Å². The molecule has 37 heavy (non-hydrogen) atoms. The number of piperidine rings is 1. The molecule has 9 heteroatoms. The Morgan fingerprint density at radius 3 is 2.57 bits per heavy atom. The molecule has 1 fully saturated rings. The standard InChI is InChI=1S/C28H32ClN3O4S/c29-23-10-12-26(13-11-23)37(34,35)32-20-25(18-22-8-4-5-9-27(22)32)36-28(33)30-24-14-16-31(17-15-24)19-21-6-2-1-3-7-21/h1-2,4-6,8-13,24-25H,3,7,14-20H2,(H,30,33). The van der Waals surface area contributed by atoms with Crippen LogP contribution in [0.1, 0.15) is 31.2 Å². The van der Waals surface area contributed by atoms with Gasteiger partial charge in [-0.05, 0) is 61.6 Å². The Hall–Kier alpha value is -2.81. The topological polar surface area (TPSA) is 79.0 Å². The number of likely N-dealkylation sites (tertiary alicyclic amines) is 1. The van der Waals surface area contributed by atoms with Crippen LogP contribution in [0.2, 0.25) is 5.02 Å². The van der Waals surface area contributed by atoms with Crippen molar-refractivity contribution in [1.29, 1.82) is 0 Å². The van der Waals surface area contributed by atoms with E-state index in [-0.39, 0.29) is 17.5 Å². The van der Waals surface area contributed by atoms with Crippen molar-refractivity contribution in [3.63, 3.8) is 0 Å². The number of para-hydroxylation sites is 1. The lowest BCUT2D eigenvalue weighted by Gasteiger charge is -2.36. The average molecular weight is 542 g/mol. The highest BCUT2D eigenvalue weighted by atomic mass is 35.5. The number of carbonyl (C=O) groups excluding carboxylic acids is 1. The van der Waals surface area contributed by atoms with Gasteiger partial charge in [-0.3, -0.25) is 9.21 Å². The fourth-order valence-corrected chi connectivity index (χ4v) is 6.88. The smallest absolute Gasteiger partial charge is 0.407 e. The summed E-state index contributed by atoms with van der Waals surface area (Å²) in [6.07, 6.45) is 9.87. The van der Waals surface area contributed by atoms with Gasteiger partial charge < -0.3 is 10.1 Å². The number of nitrogens with zero attached hydrogens (tertiary/aromatic N) is 2. The van der Waals surface area contributed by atoms with Crippen LogP contribution in [0.5, 0.6) is 0 Å². The van der Waals surface area contributed by atoms with Gasteiger partial charge in [0.15, 0.2) is 0 Å². The molecule has 1 aliphatic carbocycles. The predicted octanol–water partition coefficient (Wildman–Crippen LogP) is 4.93. The van der Waals surface area contributed by atoms with Crippen LogP contribution in [0.4, 0.5) is 10.5 Å². The number of hydrogen-bond donors (Lipinski definition) is 1. The number of anilines is 1. The molecule has 2 aromatic rings. The first-order chi connectivity index (χ1) is 17.9. The number of hydrogen-bond acceptors (Lipinski definition) is 5. The Kier molecular flexibility index (Phi) is 7.88. The molecule has 3 aliphatic rings. The highest BCUT2D eigenvalue weighted by Crippen LogP contribution is 2.33. The Balaban J connectivity index is 1.20. The molecule has 1 amide bonds. The molecule has 0 aromatic heterocycles. The van der Waals surface area contributed by atoms with Gasteiger partial charge in [0, 0.05) is 37.1 Å². The van der Waals surface area contributed by atoms with E-state index in [9.17, 15) is 13.2 Å². The summed E-state index contributed by atoms with van der Waals surface area (Å²) in [5, 5.41) is 3.47. The van der Waals surface area contributed by atoms with E-state index in [2.05, 4.69) is 28.4 Å². The molecule has 0 bridgehead atoms. The third-order valence-electron chi connectivity index (χ3n) is 7.19. The number of alkyl carbamates (subject to hydrolysis) is 1. The molecule has 1 saturated heterocycles. The monoisotopic (exact) mass is 541 g/mol. The van der Waals surface area contributed by atoms with Crippen LogP contribution in [0, 0.1) is 0 Å². The molecule has 0 spiro atoms. The van der Waals surface area contributed by atoms with Crippen LogP contribution in [0.25, 0.3) is 0 Å². The van der Waals surface area contributed by atoms with Crippen LogP contribution in [-0.2, 0) is 21.2 Å². The number of carbonyl (C=O) groups is 1. The largest absolute Gasteiger partial charge is 0.444 e. The highest BCUT2D eigenvalue weighted by molar-refractivity contribution is 7.92. The molecule has 2 aliphatic heterocycles. The van der Waals surface area contributed by atoms with E-state index in [1.807, 2.05) is 18.2 Å². The van der Waals surface area contributed by atoms with E-state index in [1.165, 1.54) is 22.0 Å². The SMILES string of the molecule is O=C(NC1CCN(CC2=CC=CCC2)CC1)OC1Cc2ccccc2N(S(=O)(=O)c2ccc(Cl)cc2)C1. The fraction of sp³-hybridized carbons (Fsp3) is 0.393. The third kappa shape index (κ3) is 6.20. The number of benzene rings is 2. The molecule has 0 saturated carbocycles. The number of allylic oxidation sites excluding steroid dienone is 3.